The molecule has 0 unspecified atom stereocenters. The van der Waals surface area contributed by atoms with Gasteiger partial charge in [0, 0.05) is 17.2 Å². The van der Waals surface area contributed by atoms with Crippen LogP contribution < -0.4 is 10.6 Å². The highest BCUT2D eigenvalue weighted by atomic mass is 16.6. The largest absolute Gasteiger partial charge is 0.441 e. The van der Waals surface area contributed by atoms with Crippen LogP contribution in [0.5, 0.6) is 0 Å². The normalized spacial score (nSPS) is 30.0. The number of anilines is 1. The molecule has 1 saturated carbocycles. The molecule has 0 bridgehead atoms. The Kier molecular flexibility index (Phi) is 4.93. The van der Waals surface area contributed by atoms with E-state index in [2.05, 4.69) is 10.6 Å². The van der Waals surface area contributed by atoms with E-state index in [0.717, 1.165) is 12.5 Å². The Morgan fingerprint density at radius 3 is 2.58 bits per heavy atom. The van der Waals surface area contributed by atoms with Crippen LogP contribution in [0.25, 0.3) is 0 Å². The maximum Gasteiger partial charge on any atom is 0.412 e. The zero-order valence-electron chi connectivity index (χ0n) is 14.9. The number of quaternary nitrogens is 1. The first-order valence-corrected chi connectivity index (χ1v) is 9.25. The molecule has 1 amide bonds. The first-order valence-electron chi connectivity index (χ1n) is 9.25. The molecule has 7 heteroatoms. The number of fused-ring (bicyclic) bond motifs is 1. The third-order valence-electron chi connectivity index (χ3n) is 5.31. The number of Topliss-reactive ketones (excluding diaryl/α,β-unsaturated/α-hetero) is 1. The van der Waals surface area contributed by atoms with Crippen LogP contribution in [0.15, 0.2) is 24.3 Å². The molecule has 3 N–H and O–H groups in total. The zero-order chi connectivity index (χ0) is 18.1. The van der Waals surface area contributed by atoms with Crippen molar-refractivity contribution >= 4 is 17.6 Å². The summed E-state index contributed by atoms with van der Waals surface area (Å²) in [5.74, 6) is 0.836. The number of hydrogen-bond donors (Lipinski definition) is 2. The van der Waals surface area contributed by atoms with Crippen LogP contribution in [0.4, 0.5) is 10.5 Å². The Hall–Kier alpha value is -1.96. The molecular weight excluding hydrogens is 336 g/mol. The summed E-state index contributed by atoms with van der Waals surface area (Å²) in [7, 11) is 0. The van der Waals surface area contributed by atoms with E-state index >= 15 is 0 Å². The number of nitrogens with one attached hydrogen (secondary N) is 1. The van der Waals surface area contributed by atoms with Gasteiger partial charge in [0.25, 0.3) is 0 Å². The van der Waals surface area contributed by atoms with Crippen molar-refractivity contribution in [2.45, 2.75) is 44.1 Å². The molecule has 0 spiro atoms. The molecule has 2 saturated heterocycles. The van der Waals surface area contributed by atoms with E-state index in [9.17, 15) is 9.59 Å². The molecule has 26 heavy (non-hydrogen) atoms. The molecule has 2 aliphatic heterocycles. The third-order valence-corrected chi connectivity index (χ3v) is 5.31. The van der Waals surface area contributed by atoms with Gasteiger partial charge in [-0.05, 0) is 44.0 Å². The van der Waals surface area contributed by atoms with E-state index in [1.54, 1.807) is 24.3 Å². The average Bonchev–Trinajstić information content (AvgIpc) is 3.24. The summed E-state index contributed by atoms with van der Waals surface area (Å²) < 4.78 is 17.2. The highest BCUT2D eigenvalue weighted by molar-refractivity contribution is 5.94. The Bertz CT molecular complexity index is 673. The summed E-state index contributed by atoms with van der Waals surface area (Å²) in [6.45, 7) is 3.63. The van der Waals surface area contributed by atoms with E-state index in [-0.39, 0.29) is 24.0 Å². The van der Waals surface area contributed by atoms with Crippen molar-refractivity contribution in [1.82, 2.24) is 0 Å². The van der Waals surface area contributed by atoms with Crippen molar-refractivity contribution in [1.29, 1.82) is 0 Å². The monoisotopic (exact) mass is 361 g/mol. The van der Waals surface area contributed by atoms with Gasteiger partial charge in [0.05, 0.1) is 13.2 Å². The van der Waals surface area contributed by atoms with Gasteiger partial charge in [-0.25, -0.2) is 4.79 Å². The van der Waals surface area contributed by atoms with E-state index in [1.165, 1.54) is 19.8 Å². The maximum absolute atomic E-state index is 12.2. The first kappa shape index (κ1) is 17.5. The molecular formula is C19H25N2O5+. The lowest BCUT2D eigenvalue weighted by molar-refractivity contribution is -0.695. The summed E-state index contributed by atoms with van der Waals surface area (Å²) in [6, 6.07) is 7.00. The van der Waals surface area contributed by atoms with Gasteiger partial charge >= 0.3 is 6.09 Å². The van der Waals surface area contributed by atoms with Gasteiger partial charge in [0.1, 0.15) is 24.9 Å². The standard InChI is InChI=1S/C19H24N2O5/c1-11(22)13-4-6-14(7-5-13)21-19(23)26-16-10-25-17-15(9-24-18(16)17)20-8-12-2-3-12/h4-7,12,15-18,20H,2-3,8-10H2,1H3,(H,21,23)/p+1/t15-,16+,17+,18+/m0/s1. The molecule has 1 aromatic rings. The van der Waals surface area contributed by atoms with Crippen LogP contribution >= 0.6 is 0 Å². The predicted octanol–water partition coefficient (Wildman–Crippen LogP) is 0.946. The first-order chi connectivity index (χ1) is 12.6. The summed E-state index contributed by atoms with van der Waals surface area (Å²) in [4.78, 5) is 23.4. The van der Waals surface area contributed by atoms with Crippen molar-refractivity contribution in [3.8, 4) is 0 Å². The molecule has 0 radical (unpaired) electrons. The maximum atomic E-state index is 12.2. The quantitative estimate of drug-likeness (QED) is 0.736. The summed E-state index contributed by atoms with van der Waals surface area (Å²) in [6.07, 6.45) is 1.53. The van der Waals surface area contributed by atoms with E-state index in [1.807, 2.05) is 0 Å². The average molecular weight is 361 g/mol. The van der Waals surface area contributed by atoms with Gasteiger partial charge in [-0.15, -0.1) is 0 Å². The summed E-state index contributed by atoms with van der Waals surface area (Å²) in [5, 5.41) is 5.00. The fourth-order valence-electron chi connectivity index (χ4n) is 3.59. The van der Waals surface area contributed by atoms with Gasteiger partial charge in [-0.1, -0.05) is 0 Å². The Morgan fingerprint density at radius 1 is 1.15 bits per heavy atom. The smallest absolute Gasteiger partial charge is 0.412 e. The van der Waals surface area contributed by atoms with Crippen molar-refractivity contribution in [3.05, 3.63) is 29.8 Å². The predicted molar refractivity (Wildman–Crippen MR) is 93.1 cm³/mol. The summed E-state index contributed by atoms with van der Waals surface area (Å²) in [5.41, 5.74) is 1.18. The second-order valence-corrected chi connectivity index (χ2v) is 7.38. The molecule has 0 aromatic heterocycles. The summed E-state index contributed by atoms with van der Waals surface area (Å²) >= 11 is 0. The van der Waals surface area contributed by atoms with Crippen LogP contribution in [-0.4, -0.2) is 56.0 Å². The van der Waals surface area contributed by atoms with E-state index in [0.29, 0.717) is 24.5 Å². The molecule has 3 aliphatic rings. The SMILES string of the molecule is CC(=O)c1ccc(NC(=O)O[C@@H]2CO[C@H]3[C@@H]2OC[C@@H]3[NH2+]CC2CC2)cc1. The number of ether oxygens (including phenoxy) is 3. The van der Waals surface area contributed by atoms with Crippen LogP contribution in [0.1, 0.15) is 30.1 Å². The number of carbonyl (C=O) groups excluding carboxylic acids is 2. The molecule has 2 heterocycles. The third kappa shape index (κ3) is 3.90. The highest BCUT2D eigenvalue weighted by Gasteiger charge is 2.51. The van der Waals surface area contributed by atoms with Gasteiger partial charge in [-0.2, -0.15) is 0 Å². The minimum atomic E-state index is -0.538. The van der Waals surface area contributed by atoms with Gasteiger partial charge < -0.3 is 19.5 Å². The van der Waals surface area contributed by atoms with Crippen molar-refractivity contribution < 1.29 is 29.1 Å². The number of ketones is 1. The van der Waals surface area contributed by atoms with Gasteiger partial charge in [-0.3, -0.25) is 10.1 Å². The van der Waals surface area contributed by atoms with Crippen LogP contribution in [0.3, 0.4) is 0 Å². The lowest BCUT2D eigenvalue weighted by Gasteiger charge is -2.17. The minimum Gasteiger partial charge on any atom is -0.441 e. The molecule has 4 rings (SSSR count). The topological polar surface area (TPSA) is 90.5 Å². The molecule has 140 valence electrons. The fourth-order valence-corrected chi connectivity index (χ4v) is 3.59. The van der Waals surface area contributed by atoms with Crippen LogP contribution in [0.2, 0.25) is 0 Å². The second kappa shape index (κ2) is 7.34. The lowest BCUT2D eigenvalue weighted by Crippen LogP contribution is -2.93. The Balaban J connectivity index is 1.27. The zero-order valence-corrected chi connectivity index (χ0v) is 14.9. The molecule has 4 atom stereocenters. The van der Waals surface area contributed by atoms with Crippen molar-refractivity contribution in [3.63, 3.8) is 0 Å². The van der Waals surface area contributed by atoms with Crippen LogP contribution in [-0.2, 0) is 14.2 Å². The van der Waals surface area contributed by atoms with E-state index < -0.39 is 12.2 Å². The highest BCUT2D eigenvalue weighted by Crippen LogP contribution is 2.29. The van der Waals surface area contributed by atoms with Crippen LogP contribution in [0, 0.1) is 5.92 Å². The Morgan fingerprint density at radius 2 is 1.88 bits per heavy atom. The Labute approximate surface area is 152 Å². The number of carbonyl (C=O) groups is 2. The lowest BCUT2D eigenvalue weighted by atomic mass is 10.1. The van der Waals surface area contributed by atoms with Crippen molar-refractivity contribution in [2.75, 3.05) is 25.1 Å². The van der Waals surface area contributed by atoms with E-state index in [4.69, 9.17) is 14.2 Å². The van der Waals surface area contributed by atoms with Crippen molar-refractivity contribution in [2.24, 2.45) is 5.92 Å². The number of hydrogen-bond acceptors (Lipinski definition) is 5. The molecule has 3 fully saturated rings. The molecule has 7 nitrogen and oxygen atoms in total. The minimum absolute atomic E-state index is 0.0126. The number of nitrogens with two attached hydrogens (primary N) is 1. The molecule has 1 aromatic carbocycles. The second-order valence-electron chi connectivity index (χ2n) is 7.38. The van der Waals surface area contributed by atoms with Gasteiger partial charge in [0.2, 0.25) is 0 Å². The number of rotatable bonds is 6. The van der Waals surface area contributed by atoms with Gasteiger partial charge in [0.15, 0.2) is 11.9 Å². The number of benzene rings is 1. The fraction of sp³-hybridized carbons (Fsp3) is 0.579. The molecule has 1 aliphatic carbocycles. The number of amides is 1.